The van der Waals surface area contributed by atoms with Gasteiger partial charge in [0, 0.05) is 36.0 Å². The summed E-state index contributed by atoms with van der Waals surface area (Å²) in [6.45, 7) is 0.743. The van der Waals surface area contributed by atoms with Crippen LogP contribution < -0.4 is 4.74 Å². The Morgan fingerprint density at radius 1 is 1.25 bits per heavy atom. The van der Waals surface area contributed by atoms with E-state index in [4.69, 9.17) is 10.00 Å². The van der Waals surface area contributed by atoms with Crippen molar-refractivity contribution >= 4 is 22.6 Å². The Hall–Kier alpha value is -3.73. The summed E-state index contributed by atoms with van der Waals surface area (Å²) in [6.07, 6.45) is 5.48. The Morgan fingerprint density at radius 2 is 2.07 bits per heavy atom. The standard InChI is InChI=1S/C20H17N5O3/c21-10-17-19(23-8-7-22-17)28-13-4-3-9-25(12-13)20(27)18(26)15-11-24-16-6-2-1-5-14(15)16/h1-2,5-8,11,13,24H,3-4,9,12H2. The first-order valence-corrected chi connectivity index (χ1v) is 8.95. The summed E-state index contributed by atoms with van der Waals surface area (Å²) in [6, 6.07) is 9.30. The maximum absolute atomic E-state index is 12.8. The van der Waals surface area contributed by atoms with Crippen LogP contribution in [0.5, 0.6) is 5.88 Å². The Labute approximate surface area is 160 Å². The van der Waals surface area contributed by atoms with Crippen LogP contribution in [0.25, 0.3) is 10.9 Å². The molecule has 0 radical (unpaired) electrons. The molecule has 140 valence electrons. The molecule has 1 fully saturated rings. The van der Waals surface area contributed by atoms with Crippen LogP contribution in [0.15, 0.2) is 42.9 Å². The molecule has 1 N–H and O–H groups in total. The molecule has 2 aromatic heterocycles. The molecule has 3 aromatic rings. The zero-order valence-corrected chi connectivity index (χ0v) is 15.0. The Bertz CT molecular complexity index is 1080. The van der Waals surface area contributed by atoms with E-state index in [2.05, 4.69) is 15.0 Å². The Kier molecular flexibility index (Phi) is 4.72. The Morgan fingerprint density at radius 3 is 2.93 bits per heavy atom. The van der Waals surface area contributed by atoms with Crippen molar-refractivity contribution in [1.29, 1.82) is 5.26 Å². The van der Waals surface area contributed by atoms with Gasteiger partial charge in [-0.05, 0) is 18.9 Å². The number of amides is 1. The van der Waals surface area contributed by atoms with Crippen molar-refractivity contribution in [2.24, 2.45) is 0 Å². The van der Waals surface area contributed by atoms with E-state index in [0.29, 0.717) is 24.9 Å². The topological polar surface area (TPSA) is 112 Å². The lowest BCUT2D eigenvalue weighted by molar-refractivity contribution is -0.129. The van der Waals surface area contributed by atoms with Gasteiger partial charge in [0.2, 0.25) is 5.69 Å². The lowest BCUT2D eigenvalue weighted by atomic mass is 10.0. The van der Waals surface area contributed by atoms with Gasteiger partial charge in [0.15, 0.2) is 0 Å². The number of fused-ring (bicyclic) bond motifs is 1. The van der Waals surface area contributed by atoms with E-state index >= 15 is 0 Å². The number of rotatable bonds is 4. The van der Waals surface area contributed by atoms with E-state index in [9.17, 15) is 9.59 Å². The van der Waals surface area contributed by atoms with E-state index < -0.39 is 11.7 Å². The molecule has 1 unspecified atom stereocenters. The number of piperidine rings is 1. The molecule has 0 spiro atoms. The quantitative estimate of drug-likeness (QED) is 0.552. The SMILES string of the molecule is N#Cc1nccnc1OC1CCCN(C(=O)C(=O)c2c[nH]c3ccccc23)C1. The van der Waals surface area contributed by atoms with Gasteiger partial charge in [-0.3, -0.25) is 9.59 Å². The minimum atomic E-state index is -0.558. The van der Waals surface area contributed by atoms with Crippen LogP contribution in [0.4, 0.5) is 0 Å². The number of ketones is 1. The van der Waals surface area contributed by atoms with Gasteiger partial charge in [-0.2, -0.15) is 5.26 Å². The zero-order chi connectivity index (χ0) is 19.5. The highest BCUT2D eigenvalue weighted by atomic mass is 16.5. The molecular weight excluding hydrogens is 358 g/mol. The maximum Gasteiger partial charge on any atom is 0.295 e. The van der Waals surface area contributed by atoms with Crippen LogP contribution in [0, 0.1) is 11.3 Å². The maximum atomic E-state index is 12.8. The second-order valence-corrected chi connectivity index (χ2v) is 6.53. The zero-order valence-electron chi connectivity index (χ0n) is 15.0. The average Bonchev–Trinajstić information content (AvgIpc) is 3.17. The second-order valence-electron chi connectivity index (χ2n) is 6.53. The van der Waals surface area contributed by atoms with Gasteiger partial charge in [0.05, 0.1) is 12.1 Å². The predicted octanol–water partition coefficient (Wildman–Crippen LogP) is 2.08. The number of hydrogen-bond donors (Lipinski definition) is 1. The highest BCUT2D eigenvalue weighted by Crippen LogP contribution is 2.22. The third kappa shape index (κ3) is 3.30. The molecule has 1 amide bonds. The van der Waals surface area contributed by atoms with Crippen LogP contribution in [0.3, 0.4) is 0 Å². The van der Waals surface area contributed by atoms with Gasteiger partial charge in [0.1, 0.15) is 12.2 Å². The van der Waals surface area contributed by atoms with E-state index in [1.54, 1.807) is 6.20 Å². The van der Waals surface area contributed by atoms with Gasteiger partial charge in [0.25, 0.3) is 17.6 Å². The number of aromatic nitrogens is 3. The number of nitriles is 1. The Balaban J connectivity index is 1.49. The van der Waals surface area contributed by atoms with Crippen molar-refractivity contribution in [3.05, 3.63) is 54.1 Å². The monoisotopic (exact) mass is 375 g/mol. The van der Waals surface area contributed by atoms with Crippen LogP contribution in [0.2, 0.25) is 0 Å². The van der Waals surface area contributed by atoms with Gasteiger partial charge >= 0.3 is 0 Å². The number of ether oxygens (including phenoxy) is 1. The summed E-state index contributed by atoms with van der Waals surface area (Å²) in [5.41, 5.74) is 1.27. The van der Waals surface area contributed by atoms with Crippen molar-refractivity contribution in [1.82, 2.24) is 19.9 Å². The largest absolute Gasteiger partial charge is 0.470 e. The molecule has 1 aromatic carbocycles. The number of aromatic amines is 1. The predicted molar refractivity (Wildman–Crippen MR) is 99.6 cm³/mol. The molecule has 0 aliphatic carbocycles. The fraction of sp³-hybridized carbons (Fsp3) is 0.250. The number of carbonyl (C=O) groups is 2. The number of Topliss-reactive ketones (excluding diaryl/α,β-unsaturated/α-hetero) is 1. The number of benzene rings is 1. The number of nitrogens with one attached hydrogen (secondary N) is 1. The van der Waals surface area contributed by atoms with Crippen molar-refractivity contribution in [2.75, 3.05) is 13.1 Å². The number of hydrogen-bond acceptors (Lipinski definition) is 6. The first-order valence-electron chi connectivity index (χ1n) is 8.95. The summed E-state index contributed by atoms with van der Waals surface area (Å²) in [4.78, 5) is 38.0. The number of carbonyl (C=O) groups excluding carboxylic acids is 2. The first-order chi connectivity index (χ1) is 13.7. The molecule has 4 rings (SSSR count). The molecule has 1 saturated heterocycles. The highest BCUT2D eigenvalue weighted by molar-refractivity contribution is 6.44. The summed E-state index contributed by atoms with van der Waals surface area (Å²) in [5, 5.41) is 9.83. The highest BCUT2D eigenvalue weighted by Gasteiger charge is 2.31. The van der Waals surface area contributed by atoms with Gasteiger partial charge in [-0.1, -0.05) is 18.2 Å². The summed E-state index contributed by atoms with van der Waals surface area (Å²) in [7, 11) is 0. The normalized spacial score (nSPS) is 16.5. The third-order valence-corrected chi connectivity index (χ3v) is 4.74. The second kappa shape index (κ2) is 7.48. The number of para-hydroxylation sites is 1. The third-order valence-electron chi connectivity index (χ3n) is 4.74. The molecule has 8 nitrogen and oxygen atoms in total. The number of nitrogens with zero attached hydrogens (tertiary/aromatic N) is 4. The van der Waals surface area contributed by atoms with Crippen LogP contribution in [-0.4, -0.2) is 50.7 Å². The molecule has 3 heterocycles. The van der Waals surface area contributed by atoms with Gasteiger partial charge in [-0.15, -0.1) is 0 Å². The number of H-pyrrole nitrogens is 1. The summed E-state index contributed by atoms with van der Waals surface area (Å²) < 4.78 is 5.79. The summed E-state index contributed by atoms with van der Waals surface area (Å²) in [5.74, 6) is -0.958. The fourth-order valence-electron chi connectivity index (χ4n) is 3.38. The molecular formula is C20H17N5O3. The van der Waals surface area contributed by atoms with Gasteiger partial charge in [-0.25, -0.2) is 9.97 Å². The first kappa shape index (κ1) is 17.7. The lowest BCUT2D eigenvalue weighted by Crippen LogP contribution is -2.47. The average molecular weight is 375 g/mol. The molecule has 1 aliphatic heterocycles. The van der Waals surface area contributed by atoms with Crippen molar-refractivity contribution in [3.63, 3.8) is 0 Å². The molecule has 0 saturated carbocycles. The minimum Gasteiger partial charge on any atom is -0.470 e. The van der Waals surface area contributed by atoms with Crippen molar-refractivity contribution < 1.29 is 14.3 Å². The lowest BCUT2D eigenvalue weighted by Gasteiger charge is -2.32. The van der Waals surface area contributed by atoms with Gasteiger partial charge < -0.3 is 14.6 Å². The van der Waals surface area contributed by atoms with E-state index in [1.165, 1.54) is 17.3 Å². The molecule has 1 atom stereocenters. The van der Waals surface area contributed by atoms with E-state index in [1.807, 2.05) is 30.3 Å². The molecule has 0 bridgehead atoms. The number of likely N-dealkylation sites (tertiary alicyclic amines) is 1. The van der Waals surface area contributed by atoms with Crippen LogP contribution in [0.1, 0.15) is 28.9 Å². The van der Waals surface area contributed by atoms with E-state index in [0.717, 1.165) is 10.9 Å². The summed E-state index contributed by atoms with van der Waals surface area (Å²) >= 11 is 0. The van der Waals surface area contributed by atoms with E-state index in [-0.39, 0.29) is 24.2 Å². The van der Waals surface area contributed by atoms with Crippen molar-refractivity contribution in [2.45, 2.75) is 18.9 Å². The molecule has 1 aliphatic rings. The molecule has 8 heteroatoms. The minimum absolute atomic E-state index is 0.0980. The fourth-order valence-corrected chi connectivity index (χ4v) is 3.38. The molecule has 28 heavy (non-hydrogen) atoms. The van der Waals surface area contributed by atoms with Crippen molar-refractivity contribution in [3.8, 4) is 11.9 Å². The van der Waals surface area contributed by atoms with Crippen LogP contribution in [-0.2, 0) is 4.79 Å². The van der Waals surface area contributed by atoms with Crippen LogP contribution >= 0.6 is 0 Å². The smallest absolute Gasteiger partial charge is 0.295 e.